The molecule has 4 rings (SSSR count). The SMILES string of the molecule is COc1ccc(C2C=NN=N2)cc1C(=O)N1CC[C@](CCOS(C)(=O)=O)(c2ccc(Cl)c(Cl)c2)C1. The standard InChI is InChI=1S/C23H24Cl2N4O5S/c1-33-21-6-3-15(20-13-26-28-27-20)11-17(21)22(30)29-9-7-23(14-29,8-10-34-35(2,31)32)16-4-5-18(24)19(25)12-16/h3-6,11-13,20H,7-10,14H2,1-2H3/t20?,23-/m1/s1. The summed E-state index contributed by atoms with van der Waals surface area (Å²) in [5.74, 6) is 0.236. The van der Waals surface area contributed by atoms with Crippen molar-refractivity contribution < 1.29 is 22.1 Å². The van der Waals surface area contributed by atoms with Gasteiger partial charge in [0.25, 0.3) is 16.0 Å². The van der Waals surface area contributed by atoms with E-state index in [2.05, 4.69) is 15.4 Å². The molecule has 1 amide bonds. The Morgan fingerprint density at radius 2 is 2.00 bits per heavy atom. The largest absolute Gasteiger partial charge is 0.496 e. The van der Waals surface area contributed by atoms with E-state index in [1.807, 2.05) is 12.1 Å². The van der Waals surface area contributed by atoms with E-state index in [4.69, 9.17) is 32.1 Å². The van der Waals surface area contributed by atoms with Crippen LogP contribution in [0.4, 0.5) is 0 Å². The van der Waals surface area contributed by atoms with Gasteiger partial charge in [0, 0.05) is 18.5 Å². The Kier molecular flexibility index (Phi) is 7.46. The van der Waals surface area contributed by atoms with Crippen molar-refractivity contribution in [3.8, 4) is 5.75 Å². The molecule has 1 unspecified atom stereocenters. The molecule has 2 atom stereocenters. The molecule has 0 spiro atoms. The van der Waals surface area contributed by atoms with E-state index in [0.717, 1.165) is 17.4 Å². The molecule has 0 bridgehead atoms. The molecule has 1 fully saturated rings. The summed E-state index contributed by atoms with van der Waals surface area (Å²) in [6, 6.07) is 10.3. The second kappa shape index (κ2) is 10.2. The zero-order valence-electron chi connectivity index (χ0n) is 19.1. The maximum atomic E-state index is 13.7. The fourth-order valence-electron chi connectivity index (χ4n) is 4.45. The number of carbonyl (C=O) groups excluding carboxylic acids is 1. The van der Waals surface area contributed by atoms with E-state index >= 15 is 0 Å². The Balaban J connectivity index is 1.63. The molecule has 9 nitrogen and oxygen atoms in total. The minimum absolute atomic E-state index is 0.0219. The minimum Gasteiger partial charge on any atom is -0.496 e. The Morgan fingerprint density at radius 3 is 2.66 bits per heavy atom. The van der Waals surface area contributed by atoms with E-state index in [9.17, 15) is 13.2 Å². The molecule has 2 heterocycles. The Labute approximate surface area is 213 Å². The van der Waals surface area contributed by atoms with Gasteiger partial charge in [0.2, 0.25) is 0 Å². The van der Waals surface area contributed by atoms with Crippen molar-refractivity contribution in [2.45, 2.75) is 24.3 Å². The number of carbonyl (C=O) groups is 1. The van der Waals surface area contributed by atoms with Gasteiger partial charge in [-0.1, -0.05) is 35.3 Å². The smallest absolute Gasteiger partial charge is 0.264 e. The molecule has 0 radical (unpaired) electrons. The van der Waals surface area contributed by atoms with Crippen LogP contribution in [-0.4, -0.2) is 58.5 Å². The van der Waals surface area contributed by atoms with Gasteiger partial charge in [-0.2, -0.15) is 13.5 Å². The molecule has 2 aromatic rings. The van der Waals surface area contributed by atoms with Gasteiger partial charge < -0.3 is 9.64 Å². The van der Waals surface area contributed by atoms with E-state index in [-0.39, 0.29) is 18.6 Å². The van der Waals surface area contributed by atoms with E-state index < -0.39 is 15.5 Å². The normalized spacial score (nSPS) is 21.6. The number of amides is 1. The predicted molar refractivity (Wildman–Crippen MR) is 133 cm³/mol. The van der Waals surface area contributed by atoms with Crippen LogP contribution in [0.3, 0.4) is 0 Å². The second-order valence-corrected chi connectivity index (χ2v) is 11.0. The van der Waals surface area contributed by atoms with Crippen molar-refractivity contribution in [3.63, 3.8) is 0 Å². The van der Waals surface area contributed by atoms with Crippen molar-refractivity contribution in [1.29, 1.82) is 0 Å². The van der Waals surface area contributed by atoms with Crippen LogP contribution in [-0.2, 0) is 19.7 Å². The van der Waals surface area contributed by atoms with Gasteiger partial charge in [-0.3, -0.25) is 8.98 Å². The lowest BCUT2D eigenvalue weighted by Crippen LogP contribution is -2.36. The van der Waals surface area contributed by atoms with Gasteiger partial charge in [0.05, 0.1) is 41.8 Å². The number of hydrogen-bond acceptors (Lipinski definition) is 8. The molecule has 186 valence electrons. The summed E-state index contributed by atoms with van der Waals surface area (Å²) in [5, 5.41) is 12.3. The molecule has 2 aliphatic heterocycles. The zero-order valence-corrected chi connectivity index (χ0v) is 21.5. The lowest BCUT2D eigenvalue weighted by atomic mass is 9.77. The molecule has 0 N–H and O–H groups in total. The summed E-state index contributed by atoms with van der Waals surface area (Å²) >= 11 is 12.4. The highest BCUT2D eigenvalue weighted by Crippen LogP contribution is 2.41. The molecular weight excluding hydrogens is 515 g/mol. The van der Waals surface area contributed by atoms with Crippen molar-refractivity contribution >= 4 is 45.4 Å². The number of likely N-dealkylation sites (tertiary alicyclic amines) is 1. The zero-order chi connectivity index (χ0) is 25.2. The van der Waals surface area contributed by atoms with E-state index in [1.54, 1.807) is 35.4 Å². The highest BCUT2D eigenvalue weighted by Gasteiger charge is 2.42. The van der Waals surface area contributed by atoms with Crippen molar-refractivity contribution in [3.05, 3.63) is 63.1 Å². The molecule has 0 aromatic heterocycles. The first kappa shape index (κ1) is 25.6. The third-order valence-electron chi connectivity index (χ3n) is 6.28. The van der Waals surface area contributed by atoms with E-state index in [0.29, 0.717) is 47.3 Å². The monoisotopic (exact) mass is 538 g/mol. The van der Waals surface area contributed by atoms with Crippen LogP contribution in [0.15, 0.2) is 51.8 Å². The molecule has 0 aliphatic carbocycles. The van der Waals surface area contributed by atoms with Crippen molar-refractivity contribution in [2.75, 3.05) is 33.1 Å². The van der Waals surface area contributed by atoms with Crippen LogP contribution in [0.25, 0.3) is 0 Å². The first-order valence-corrected chi connectivity index (χ1v) is 13.4. The average molecular weight is 539 g/mol. The number of nitrogens with zero attached hydrogens (tertiary/aromatic N) is 4. The van der Waals surface area contributed by atoms with Crippen molar-refractivity contribution in [2.24, 2.45) is 15.4 Å². The fourth-order valence-corrected chi connectivity index (χ4v) is 5.14. The molecule has 2 aromatic carbocycles. The number of rotatable bonds is 8. The van der Waals surface area contributed by atoms with Gasteiger partial charge >= 0.3 is 0 Å². The first-order chi connectivity index (χ1) is 16.6. The molecular formula is C23H24Cl2N4O5S. The highest BCUT2D eigenvalue weighted by molar-refractivity contribution is 7.85. The lowest BCUT2D eigenvalue weighted by Gasteiger charge is -2.30. The number of halogens is 2. The maximum absolute atomic E-state index is 13.7. The lowest BCUT2D eigenvalue weighted by molar-refractivity contribution is 0.0776. The molecule has 1 saturated heterocycles. The number of methoxy groups -OCH3 is 1. The predicted octanol–water partition coefficient (Wildman–Crippen LogP) is 4.64. The highest BCUT2D eigenvalue weighted by atomic mass is 35.5. The summed E-state index contributed by atoms with van der Waals surface area (Å²) in [6.07, 6.45) is 3.58. The summed E-state index contributed by atoms with van der Waals surface area (Å²) in [4.78, 5) is 15.4. The summed E-state index contributed by atoms with van der Waals surface area (Å²) in [6.45, 7) is 0.775. The number of hydrogen-bond donors (Lipinski definition) is 0. The van der Waals surface area contributed by atoms with E-state index in [1.165, 1.54) is 7.11 Å². The van der Waals surface area contributed by atoms with Crippen LogP contribution in [0.2, 0.25) is 10.0 Å². The summed E-state index contributed by atoms with van der Waals surface area (Å²) < 4.78 is 33.6. The topological polar surface area (TPSA) is 110 Å². The quantitative estimate of drug-likeness (QED) is 0.454. The van der Waals surface area contributed by atoms with Gasteiger partial charge in [-0.15, -0.1) is 5.10 Å². The van der Waals surface area contributed by atoms with Gasteiger partial charge in [0.15, 0.2) is 0 Å². The van der Waals surface area contributed by atoms with Crippen LogP contribution in [0, 0.1) is 0 Å². The first-order valence-electron chi connectivity index (χ1n) is 10.8. The number of benzene rings is 2. The molecule has 2 aliphatic rings. The van der Waals surface area contributed by atoms with Gasteiger partial charge in [-0.25, -0.2) is 0 Å². The Bertz CT molecular complexity index is 1290. The van der Waals surface area contributed by atoms with Gasteiger partial charge in [0.1, 0.15) is 11.8 Å². The summed E-state index contributed by atoms with van der Waals surface area (Å²) in [7, 11) is -2.10. The minimum atomic E-state index is -3.61. The summed E-state index contributed by atoms with van der Waals surface area (Å²) in [5.41, 5.74) is 1.47. The third-order valence-corrected chi connectivity index (χ3v) is 7.62. The maximum Gasteiger partial charge on any atom is 0.264 e. The fraction of sp³-hybridized carbons (Fsp3) is 0.391. The van der Waals surface area contributed by atoms with Gasteiger partial charge in [-0.05, 0) is 53.5 Å². The third kappa shape index (κ3) is 5.66. The Morgan fingerprint density at radius 1 is 1.20 bits per heavy atom. The molecule has 35 heavy (non-hydrogen) atoms. The van der Waals surface area contributed by atoms with Crippen LogP contribution < -0.4 is 4.74 Å². The second-order valence-electron chi connectivity index (χ2n) is 8.54. The number of ether oxygens (including phenoxy) is 1. The van der Waals surface area contributed by atoms with Crippen LogP contribution >= 0.6 is 23.2 Å². The van der Waals surface area contributed by atoms with Crippen molar-refractivity contribution in [1.82, 2.24) is 4.90 Å². The average Bonchev–Trinajstić information content (AvgIpc) is 3.50. The van der Waals surface area contributed by atoms with Crippen LogP contribution in [0.1, 0.15) is 40.4 Å². The molecule has 0 saturated carbocycles. The van der Waals surface area contributed by atoms with Crippen LogP contribution in [0.5, 0.6) is 5.75 Å². The molecule has 12 heteroatoms. The Hall–Kier alpha value is -2.53.